The Bertz CT molecular complexity index is 744. The molecule has 0 aliphatic carbocycles. The fraction of sp³-hybridized carbons (Fsp3) is 0.263. The number of carbonyl (C=O) groups excluding carboxylic acids is 2. The first-order valence-corrected chi connectivity index (χ1v) is 8.07. The minimum Gasteiger partial charge on any atom is -0.329 e. The van der Waals surface area contributed by atoms with Crippen LogP contribution in [0.4, 0.5) is 16.2 Å². The average molecular weight is 340 g/mol. The second-order valence-electron chi connectivity index (χ2n) is 6.16. The van der Waals surface area contributed by atoms with Gasteiger partial charge in [0.05, 0.1) is 6.54 Å². The van der Waals surface area contributed by atoms with Gasteiger partial charge in [0.25, 0.3) is 0 Å². The Morgan fingerprint density at radius 1 is 0.960 bits per heavy atom. The van der Waals surface area contributed by atoms with Crippen molar-refractivity contribution < 1.29 is 9.59 Å². The maximum atomic E-state index is 12.0. The van der Waals surface area contributed by atoms with Gasteiger partial charge in [0.15, 0.2) is 0 Å². The van der Waals surface area contributed by atoms with E-state index in [4.69, 9.17) is 0 Å². The van der Waals surface area contributed by atoms with E-state index in [-0.39, 0.29) is 12.5 Å². The third kappa shape index (κ3) is 6.64. The summed E-state index contributed by atoms with van der Waals surface area (Å²) in [6.45, 7) is 2.64. The van der Waals surface area contributed by atoms with Crippen LogP contribution in [0.3, 0.4) is 0 Å². The predicted octanol–water partition coefficient (Wildman–Crippen LogP) is 2.82. The Hall–Kier alpha value is -2.86. The van der Waals surface area contributed by atoms with Gasteiger partial charge >= 0.3 is 6.03 Å². The first-order chi connectivity index (χ1) is 11.9. The number of carbonyl (C=O) groups is 2. The molecule has 3 amide bonds. The van der Waals surface area contributed by atoms with Gasteiger partial charge < -0.3 is 20.9 Å². The molecule has 0 fully saturated rings. The van der Waals surface area contributed by atoms with E-state index in [1.807, 2.05) is 63.5 Å². The van der Waals surface area contributed by atoms with E-state index in [9.17, 15) is 9.59 Å². The van der Waals surface area contributed by atoms with E-state index in [0.29, 0.717) is 11.4 Å². The van der Waals surface area contributed by atoms with Crippen molar-refractivity contribution in [3.05, 3.63) is 59.7 Å². The zero-order chi connectivity index (χ0) is 18.2. The van der Waals surface area contributed by atoms with Crippen LogP contribution < -0.4 is 16.0 Å². The number of benzene rings is 2. The molecule has 132 valence electrons. The van der Waals surface area contributed by atoms with E-state index >= 15 is 0 Å². The number of aryl methyl sites for hydroxylation is 1. The standard InChI is InChI=1S/C19H24N4O2/c1-14-6-4-8-16(10-14)22-19(25)20-12-18(24)21-17-9-5-7-15(11-17)13-23(2)3/h4-11H,12-13H2,1-3H3,(H,21,24)(H2,20,22,25). The maximum absolute atomic E-state index is 12.0. The highest BCUT2D eigenvalue weighted by Crippen LogP contribution is 2.12. The summed E-state index contributed by atoms with van der Waals surface area (Å²) in [5.74, 6) is -0.276. The highest BCUT2D eigenvalue weighted by Gasteiger charge is 2.07. The fourth-order valence-corrected chi connectivity index (χ4v) is 2.38. The van der Waals surface area contributed by atoms with E-state index in [0.717, 1.165) is 17.7 Å². The van der Waals surface area contributed by atoms with Crippen LogP contribution in [-0.4, -0.2) is 37.5 Å². The maximum Gasteiger partial charge on any atom is 0.319 e. The van der Waals surface area contributed by atoms with Crippen LogP contribution in [-0.2, 0) is 11.3 Å². The van der Waals surface area contributed by atoms with Gasteiger partial charge in [-0.2, -0.15) is 0 Å². The highest BCUT2D eigenvalue weighted by atomic mass is 16.2. The van der Waals surface area contributed by atoms with Crippen LogP contribution >= 0.6 is 0 Å². The Kier molecular flexibility index (Phi) is 6.54. The van der Waals surface area contributed by atoms with Crippen molar-refractivity contribution in [2.75, 3.05) is 31.3 Å². The monoisotopic (exact) mass is 340 g/mol. The Labute approximate surface area is 148 Å². The third-order valence-electron chi connectivity index (χ3n) is 3.39. The lowest BCUT2D eigenvalue weighted by atomic mass is 10.2. The summed E-state index contributed by atoms with van der Waals surface area (Å²) in [5.41, 5.74) is 3.56. The SMILES string of the molecule is Cc1cccc(NC(=O)NCC(=O)Nc2cccc(CN(C)C)c2)c1. The number of hydrogen-bond acceptors (Lipinski definition) is 3. The quantitative estimate of drug-likeness (QED) is 0.757. The smallest absolute Gasteiger partial charge is 0.319 e. The molecule has 0 bridgehead atoms. The van der Waals surface area contributed by atoms with Gasteiger partial charge in [-0.15, -0.1) is 0 Å². The summed E-state index contributed by atoms with van der Waals surface area (Å²) < 4.78 is 0. The molecule has 3 N–H and O–H groups in total. The molecule has 0 spiro atoms. The Balaban J connectivity index is 1.81. The van der Waals surface area contributed by atoms with Gasteiger partial charge in [0.2, 0.25) is 5.91 Å². The van der Waals surface area contributed by atoms with Crippen LogP contribution in [0.25, 0.3) is 0 Å². The molecule has 0 aliphatic heterocycles. The van der Waals surface area contributed by atoms with Crippen LogP contribution in [0, 0.1) is 6.92 Å². The second kappa shape index (κ2) is 8.84. The lowest BCUT2D eigenvalue weighted by Gasteiger charge is -2.12. The minimum absolute atomic E-state index is 0.102. The first kappa shape index (κ1) is 18.5. The van der Waals surface area contributed by atoms with Crippen molar-refractivity contribution in [2.24, 2.45) is 0 Å². The number of anilines is 2. The molecule has 6 heteroatoms. The van der Waals surface area contributed by atoms with E-state index in [1.54, 1.807) is 6.07 Å². The molecule has 25 heavy (non-hydrogen) atoms. The molecule has 2 aromatic carbocycles. The Morgan fingerprint density at radius 2 is 1.64 bits per heavy atom. The van der Waals surface area contributed by atoms with Gasteiger partial charge in [0.1, 0.15) is 0 Å². The van der Waals surface area contributed by atoms with Crippen LogP contribution in [0.2, 0.25) is 0 Å². The summed E-state index contributed by atoms with van der Waals surface area (Å²) in [6, 6.07) is 14.7. The van der Waals surface area contributed by atoms with Crippen molar-refractivity contribution in [3.63, 3.8) is 0 Å². The van der Waals surface area contributed by atoms with Crippen molar-refractivity contribution in [3.8, 4) is 0 Å². The molecule has 0 aliphatic rings. The lowest BCUT2D eigenvalue weighted by Crippen LogP contribution is -2.35. The van der Waals surface area contributed by atoms with Crippen molar-refractivity contribution in [1.29, 1.82) is 0 Å². The molecule has 6 nitrogen and oxygen atoms in total. The van der Waals surface area contributed by atoms with Crippen LogP contribution in [0.5, 0.6) is 0 Å². The molecule has 0 saturated carbocycles. The van der Waals surface area contributed by atoms with Crippen LogP contribution in [0.1, 0.15) is 11.1 Å². The number of nitrogens with one attached hydrogen (secondary N) is 3. The molecule has 0 heterocycles. The first-order valence-electron chi connectivity index (χ1n) is 8.07. The largest absolute Gasteiger partial charge is 0.329 e. The van der Waals surface area contributed by atoms with Gasteiger partial charge in [0, 0.05) is 17.9 Å². The fourth-order valence-electron chi connectivity index (χ4n) is 2.38. The molecule has 0 saturated heterocycles. The number of urea groups is 1. The molecule has 2 aromatic rings. The molecule has 0 aromatic heterocycles. The zero-order valence-electron chi connectivity index (χ0n) is 14.8. The summed E-state index contributed by atoms with van der Waals surface area (Å²) in [4.78, 5) is 25.9. The number of nitrogens with zero attached hydrogens (tertiary/aromatic N) is 1. The number of amides is 3. The average Bonchev–Trinajstić information content (AvgIpc) is 2.53. The lowest BCUT2D eigenvalue weighted by molar-refractivity contribution is -0.115. The van der Waals surface area contributed by atoms with Gasteiger partial charge in [-0.05, 0) is 56.4 Å². The topological polar surface area (TPSA) is 73.5 Å². The van der Waals surface area contributed by atoms with Crippen molar-refractivity contribution >= 4 is 23.3 Å². The van der Waals surface area contributed by atoms with E-state index in [1.165, 1.54) is 0 Å². The predicted molar refractivity (Wildman–Crippen MR) is 101 cm³/mol. The molecule has 0 atom stereocenters. The van der Waals surface area contributed by atoms with E-state index in [2.05, 4.69) is 20.9 Å². The van der Waals surface area contributed by atoms with E-state index < -0.39 is 6.03 Å². The molecule has 0 radical (unpaired) electrons. The van der Waals surface area contributed by atoms with Crippen molar-refractivity contribution in [1.82, 2.24) is 10.2 Å². The van der Waals surface area contributed by atoms with Gasteiger partial charge in [-0.3, -0.25) is 4.79 Å². The van der Waals surface area contributed by atoms with Crippen molar-refractivity contribution in [2.45, 2.75) is 13.5 Å². The summed E-state index contributed by atoms with van der Waals surface area (Å²) in [5, 5.41) is 8.03. The zero-order valence-corrected chi connectivity index (χ0v) is 14.8. The molecular formula is C19H24N4O2. The highest BCUT2D eigenvalue weighted by molar-refractivity contribution is 5.97. The van der Waals surface area contributed by atoms with Gasteiger partial charge in [-0.1, -0.05) is 24.3 Å². The molecular weight excluding hydrogens is 316 g/mol. The third-order valence-corrected chi connectivity index (χ3v) is 3.39. The van der Waals surface area contributed by atoms with Crippen LogP contribution in [0.15, 0.2) is 48.5 Å². The summed E-state index contributed by atoms with van der Waals surface area (Å²) >= 11 is 0. The number of hydrogen-bond donors (Lipinski definition) is 3. The minimum atomic E-state index is -0.415. The molecule has 2 rings (SSSR count). The second-order valence-corrected chi connectivity index (χ2v) is 6.16. The summed E-state index contributed by atoms with van der Waals surface area (Å²) in [6.07, 6.45) is 0. The molecule has 0 unspecified atom stereocenters. The summed E-state index contributed by atoms with van der Waals surface area (Å²) in [7, 11) is 3.98. The van der Waals surface area contributed by atoms with Gasteiger partial charge in [-0.25, -0.2) is 4.79 Å². The normalized spacial score (nSPS) is 10.4. The number of rotatable bonds is 6. The Morgan fingerprint density at radius 3 is 2.32 bits per heavy atom.